The summed E-state index contributed by atoms with van der Waals surface area (Å²) in [7, 11) is 0. The number of rotatable bonds is 5. The third kappa shape index (κ3) is 2.69. The number of carbonyl (C=O) groups is 2. The molecule has 0 bridgehead atoms. The van der Waals surface area contributed by atoms with Crippen LogP contribution in [0.4, 0.5) is 0 Å². The van der Waals surface area contributed by atoms with E-state index < -0.39 is 23.5 Å². The number of nitrogens with zero attached hydrogens (tertiary/aromatic N) is 1. The molecule has 2 rings (SSSR count). The third-order valence-electron chi connectivity index (χ3n) is 2.90. The molecule has 2 aromatic heterocycles. The van der Waals surface area contributed by atoms with Gasteiger partial charge in [0.2, 0.25) is 5.71 Å². The number of aromatic nitrogens is 2. The summed E-state index contributed by atoms with van der Waals surface area (Å²) in [6, 6.07) is -1.13. The van der Waals surface area contributed by atoms with Crippen LogP contribution in [0.2, 0.25) is 0 Å². The van der Waals surface area contributed by atoms with E-state index in [1.807, 2.05) is 0 Å². The number of carboxylic acids is 1. The van der Waals surface area contributed by atoms with Crippen molar-refractivity contribution < 1.29 is 19.1 Å². The zero-order valence-corrected chi connectivity index (χ0v) is 11.2. The van der Waals surface area contributed by atoms with E-state index >= 15 is 0 Å². The summed E-state index contributed by atoms with van der Waals surface area (Å²) in [6.07, 6.45) is 2.60. The number of fused-ring (bicyclic) bond motifs is 1. The molecule has 1 unspecified atom stereocenters. The first kappa shape index (κ1) is 14.5. The summed E-state index contributed by atoms with van der Waals surface area (Å²) in [5, 5.41) is 11.3. The van der Waals surface area contributed by atoms with Gasteiger partial charge >= 0.3 is 5.97 Å². The van der Waals surface area contributed by atoms with E-state index in [1.165, 1.54) is 13.0 Å². The molecule has 0 saturated carbocycles. The van der Waals surface area contributed by atoms with E-state index in [0.717, 1.165) is 6.33 Å². The summed E-state index contributed by atoms with van der Waals surface area (Å²) in [4.78, 5) is 41.2. The molecule has 0 aromatic carbocycles. The van der Waals surface area contributed by atoms with Crippen molar-refractivity contribution in [3.05, 3.63) is 40.7 Å². The molecule has 1 amide bonds. The van der Waals surface area contributed by atoms with Gasteiger partial charge in [0.05, 0.1) is 11.9 Å². The summed E-state index contributed by atoms with van der Waals surface area (Å²) >= 11 is 0. The highest BCUT2D eigenvalue weighted by Crippen LogP contribution is 2.20. The number of amides is 1. The molecule has 8 heteroatoms. The third-order valence-corrected chi connectivity index (χ3v) is 2.90. The van der Waals surface area contributed by atoms with Crippen LogP contribution >= 0.6 is 0 Å². The molecule has 0 radical (unpaired) electrons. The zero-order chi connectivity index (χ0) is 15.6. The highest BCUT2D eigenvalue weighted by molar-refractivity contribution is 6.07. The number of carbonyl (C=O) groups excluding carboxylic acids is 1. The van der Waals surface area contributed by atoms with Crippen LogP contribution < -0.4 is 10.9 Å². The van der Waals surface area contributed by atoms with Crippen LogP contribution in [0.1, 0.15) is 22.5 Å². The Morgan fingerprint density at radius 2 is 2.33 bits per heavy atom. The van der Waals surface area contributed by atoms with E-state index in [0.29, 0.717) is 0 Å². The van der Waals surface area contributed by atoms with E-state index in [1.54, 1.807) is 0 Å². The van der Waals surface area contributed by atoms with Crippen molar-refractivity contribution in [1.29, 1.82) is 0 Å². The van der Waals surface area contributed by atoms with Crippen molar-refractivity contribution in [2.24, 2.45) is 0 Å². The van der Waals surface area contributed by atoms with Gasteiger partial charge < -0.3 is 19.8 Å². The normalized spacial score (nSPS) is 12.0. The number of carboxylic acid groups (broad SMARTS) is 1. The second-order valence-corrected chi connectivity index (χ2v) is 4.33. The second kappa shape index (κ2) is 5.61. The van der Waals surface area contributed by atoms with E-state index in [4.69, 9.17) is 9.52 Å². The molecule has 0 spiro atoms. The molecule has 2 aromatic rings. The monoisotopic (exact) mass is 291 g/mol. The lowest BCUT2D eigenvalue weighted by Crippen LogP contribution is -2.40. The average molecular weight is 291 g/mol. The minimum absolute atomic E-state index is 0.00441. The van der Waals surface area contributed by atoms with Crippen molar-refractivity contribution in [3.8, 4) is 0 Å². The Morgan fingerprint density at radius 3 is 2.95 bits per heavy atom. The number of hydrogen-bond donors (Lipinski definition) is 3. The van der Waals surface area contributed by atoms with Gasteiger partial charge in [-0.05, 0) is 13.3 Å². The second-order valence-electron chi connectivity index (χ2n) is 4.33. The number of aliphatic carboxylic acids is 1. The fourth-order valence-corrected chi connectivity index (χ4v) is 1.95. The maximum atomic E-state index is 12.2. The predicted octanol–water partition coefficient (Wildman–Crippen LogP) is 0.584. The summed E-state index contributed by atoms with van der Waals surface area (Å²) < 4.78 is 5.24. The number of furan rings is 1. The molecule has 2 heterocycles. The Bertz CT molecular complexity index is 774. The van der Waals surface area contributed by atoms with Crippen molar-refractivity contribution in [1.82, 2.24) is 15.3 Å². The molecule has 1 atom stereocenters. The summed E-state index contributed by atoms with van der Waals surface area (Å²) in [5.41, 5.74) is -0.524. The maximum Gasteiger partial charge on any atom is 0.326 e. The van der Waals surface area contributed by atoms with Gasteiger partial charge in [-0.1, -0.05) is 6.08 Å². The molecule has 0 aliphatic rings. The van der Waals surface area contributed by atoms with Gasteiger partial charge in [-0.2, -0.15) is 0 Å². The highest BCUT2D eigenvalue weighted by atomic mass is 16.4. The molecular weight excluding hydrogens is 278 g/mol. The predicted molar refractivity (Wildman–Crippen MR) is 73.1 cm³/mol. The molecule has 0 aliphatic carbocycles. The van der Waals surface area contributed by atoms with Gasteiger partial charge in [0, 0.05) is 0 Å². The van der Waals surface area contributed by atoms with Gasteiger partial charge in [0.1, 0.15) is 17.2 Å². The van der Waals surface area contributed by atoms with E-state index in [2.05, 4.69) is 21.9 Å². The Morgan fingerprint density at radius 1 is 1.62 bits per heavy atom. The van der Waals surface area contributed by atoms with Crippen LogP contribution in [0, 0.1) is 6.92 Å². The molecular formula is C13H13N3O5. The fourth-order valence-electron chi connectivity index (χ4n) is 1.95. The number of aryl methyl sites for hydroxylation is 1. The van der Waals surface area contributed by atoms with Gasteiger partial charge in [-0.25, -0.2) is 9.78 Å². The molecule has 8 nitrogen and oxygen atoms in total. The van der Waals surface area contributed by atoms with Crippen LogP contribution in [0.15, 0.2) is 28.2 Å². The maximum absolute atomic E-state index is 12.2. The van der Waals surface area contributed by atoms with Gasteiger partial charge in [-0.3, -0.25) is 9.59 Å². The number of aromatic amines is 1. The Hall–Kier alpha value is -2.90. The molecule has 110 valence electrons. The number of nitrogens with one attached hydrogen (secondary N) is 2. The van der Waals surface area contributed by atoms with Crippen LogP contribution in [0.25, 0.3) is 11.1 Å². The lowest BCUT2D eigenvalue weighted by Gasteiger charge is -2.12. The number of hydrogen-bond acceptors (Lipinski definition) is 5. The topological polar surface area (TPSA) is 125 Å². The minimum Gasteiger partial charge on any atom is -0.480 e. The standard InChI is InChI=1S/C13H13N3O5/c1-3-4-7(13(19)20)16-11(18)8-6(2)21-12-9(8)10(17)14-5-15-12/h3,5,7H,1,4H2,2H3,(H,16,18)(H,19,20)(H,14,15,17). The molecule has 0 aliphatic heterocycles. The minimum atomic E-state index is -1.19. The SMILES string of the molecule is C=CCC(NC(=O)c1c(C)oc2nc[nH]c(=O)c12)C(=O)O. The van der Waals surface area contributed by atoms with Gasteiger partial charge in [0.15, 0.2) is 0 Å². The molecule has 3 N–H and O–H groups in total. The molecule has 0 fully saturated rings. The van der Waals surface area contributed by atoms with Crippen LogP contribution in [0.3, 0.4) is 0 Å². The quantitative estimate of drug-likeness (QED) is 0.692. The van der Waals surface area contributed by atoms with Crippen LogP contribution in [-0.2, 0) is 4.79 Å². The Labute approximate surface area is 118 Å². The summed E-state index contributed by atoms with van der Waals surface area (Å²) in [6.45, 7) is 4.94. The highest BCUT2D eigenvalue weighted by Gasteiger charge is 2.25. The first-order chi connectivity index (χ1) is 9.95. The van der Waals surface area contributed by atoms with Crippen LogP contribution in [0.5, 0.6) is 0 Å². The largest absolute Gasteiger partial charge is 0.480 e. The van der Waals surface area contributed by atoms with Crippen molar-refractivity contribution >= 4 is 23.0 Å². The number of H-pyrrole nitrogens is 1. The fraction of sp³-hybridized carbons (Fsp3) is 0.231. The lowest BCUT2D eigenvalue weighted by atomic mass is 10.1. The molecule has 21 heavy (non-hydrogen) atoms. The van der Waals surface area contributed by atoms with Crippen molar-refractivity contribution in [2.45, 2.75) is 19.4 Å². The summed E-state index contributed by atoms with van der Waals surface area (Å²) in [5.74, 6) is -1.71. The zero-order valence-electron chi connectivity index (χ0n) is 11.2. The van der Waals surface area contributed by atoms with Crippen molar-refractivity contribution in [3.63, 3.8) is 0 Å². The smallest absolute Gasteiger partial charge is 0.326 e. The Balaban J connectivity index is 2.44. The average Bonchev–Trinajstić information content (AvgIpc) is 2.75. The lowest BCUT2D eigenvalue weighted by molar-refractivity contribution is -0.139. The molecule has 0 saturated heterocycles. The first-order valence-electron chi connectivity index (χ1n) is 6.07. The Kier molecular flexibility index (Phi) is 3.88. The van der Waals surface area contributed by atoms with Crippen molar-refractivity contribution in [2.75, 3.05) is 0 Å². The first-order valence-corrected chi connectivity index (χ1v) is 6.07. The van der Waals surface area contributed by atoms with Gasteiger partial charge in [-0.15, -0.1) is 6.58 Å². The van der Waals surface area contributed by atoms with Gasteiger partial charge in [0.25, 0.3) is 11.5 Å². The van der Waals surface area contributed by atoms with Crippen LogP contribution in [-0.4, -0.2) is 33.0 Å². The van der Waals surface area contributed by atoms with E-state index in [-0.39, 0.29) is 28.8 Å². The van der Waals surface area contributed by atoms with E-state index in [9.17, 15) is 14.4 Å².